The Hall–Kier alpha value is -0.830. The van der Waals surface area contributed by atoms with Gasteiger partial charge in [-0.25, -0.2) is 9.97 Å². The van der Waals surface area contributed by atoms with Gasteiger partial charge in [-0.2, -0.15) is 0 Å². The van der Waals surface area contributed by atoms with E-state index < -0.39 is 0 Å². The normalized spacial score (nSPS) is 15.2. The first-order valence-corrected chi connectivity index (χ1v) is 7.26. The first-order valence-electron chi connectivity index (χ1n) is 6.88. The Morgan fingerprint density at radius 2 is 2.11 bits per heavy atom. The van der Waals surface area contributed by atoms with Crippen LogP contribution in [0, 0.1) is 5.92 Å². The number of nitrogens with zero attached hydrogens (tertiary/aromatic N) is 3. The molecule has 1 saturated carbocycles. The van der Waals surface area contributed by atoms with Gasteiger partial charge in [-0.15, -0.1) is 0 Å². The lowest BCUT2D eigenvalue weighted by molar-refractivity contribution is 0.686. The molecule has 1 fully saturated rings. The molecule has 0 amide bonds. The molecule has 4 heteroatoms. The van der Waals surface area contributed by atoms with E-state index in [2.05, 4.69) is 35.6 Å². The van der Waals surface area contributed by atoms with Gasteiger partial charge >= 0.3 is 0 Å². The second kappa shape index (κ2) is 5.87. The fourth-order valence-corrected chi connectivity index (χ4v) is 2.63. The van der Waals surface area contributed by atoms with Gasteiger partial charge in [0.25, 0.3) is 0 Å². The van der Waals surface area contributed by atoms with Crippen LogP contribution in [0.1, 0.15) is 51.5 Å². The maximum atomic E-state index is 6.24. The van der Waals surface area contributed by atoms with Crippen LogP contribution < -0.4 is 4.90 Å². The van der Waals surface area contributed by atoms with E-state index in [1.54, 1.807) is 6.33 Å². The van der Waals surface area contributed by atoms with Crippen molar-refractivity contribution < 1.29 is 0 Å². The standard InChI is InChI=1S/C14H22ClN3/c1-4-7-18(8-11-5-6-11)14-12(10(2)3)13(15)16-9-17-14/h9-11H,4-8H2,1-3H3. The molecule has 0 aliphatic heterocycles. The van der Waals surface area contributed by atoms with E-state index >= 15 is 0 Å². The molecular weight excluding hydrogens is 246 g/mol. The zero-order valence-corrected chi connectivity index (χ0v) is 12.2. The van der Waals surface area contributed by atoms with E-state index in [9.17, 15) is 0 Å². The molecule has 0 saturated heterocycles. The van der Waals surface area contributed by atoms with Crippen molar-refractivity contribution >= 4 is 17.4 Å². The largest absolute Gasteiger partial charge is 0.356 e. The zero-order valence-electron chi connectivity index (χ0n) is 11.5. The minimum Gasteiger partial charge on any atom is -0.356 e. The molecule has 18 heavy (non-hydrogen) atoms. The lowest BCUT2D eigenvalue weighted by Crippen LogP contribution is -2.29. The highest BCUT2D eigenvalue weighted by Crippen LogP contribution is 2.35. The van der Waals surface area contributed by atoms with Gasteiger partial charge in [0.15, 0.2) is 0 Å². The van der Waals surface area contributed by atoms with Crippen LogP contribution in [-0.4, -0.2) is 23.1 Å². The molecule has 0 unspecified atom stereocenters. The first kappa shape index (κ1) is 13.6. The van der Waals surface area contributed by atoms with Gasteiger partial charge in [-0.05, 0) is 31.1 Å². The van der Waals surface area contributed by atoms with E-state index in [0.29, 0.717) is 11.1 Å². The fourth-order valence-electron chi connectivity index (χ4n) is 2.28. The summed E-state index contributed by atoms with van der Waals surface area (Å²) in [6.07, 6.45) is 5.43. The summed E-state index contributed by atoms with van der Waals surface area (Å²) in [6.45, 7) is 8.66. The summed E-state index contributed by atoms with van der Waals surface area (Å²) in [5, 5.41) is 0.604. The number of hydrogen-bond acceptors (Lipinski definition) is 3. The maximum absolute atomic E-state index is 6.24. The van der Waals surface area contributed by atoms with Crippen LogP contribution in [0.2, 0.25) is 5.15 Å². The van der Waals surface area contributed by atoms with Crippen molar-refractivity contribution in [1.82, 2.24) is 9.97 Å². The second-order valence-electron chi connectivity index (χ2n) is 5.45. The van der Waals surface area contributed by atoms with Crippen LogP contribution >= 0.6 is 11.6 Å². The topological polar surface area (TPSA) is 29.0 Å². The Morgan fingerprint density at radius 3 is 2.67 bits per heavy atom. The molecule has 0 N–H and O–H groups in total. The molecule has 1 aromatic heterocycles. The Kier molecular flexibility index (Phi) is 4.44. The van der Waals surface area contributed by atoms with Crippen LogP contribution in [0.4, 0.5) is 5.82 Å². The molecule has 0 spiro atoms. The van der Waals surface area contributed by atoms with Crippen molar-refractivity contribution in [2.75, 3.05) is 18.0 Å². The lowest BCUT2D eigenvalue weighted by atomic mass is 10.1. The summed E-state index contributed by atoms with van der Waals surface area (Å²) in [7, 11) is 0. The quantitative estimate of drug-likeness (QED) is 0.733. The molecule has 100 valence electrons. The highest BCUT2D eigenvalue weighted by molar-refractivity contribution is 6.30. The predicted molar refractivity (Wildman–Crippen MR) is 76.4 cm³/mol. The highest BCUT2D eigenvalue weighted by atomic mass is 35.5. The fraction of sp³-hybridized carbons (Fsp3) is 0.714. The van der Waals surface area contributed by atoms with Crippen LogP contribution in [-0.2, 0) is 0 Å². The summed E-state index contributed by atoms with van der Waals surface area (Å²) in [6, 6.07) is 0. The van der Waals surface area contributed by atoms with Crippen molar-refractivity contribution in [2.24, 2.45) is 5.92 Å². The van der Waals surface area contributed by atoms with Crippen LogP contribution in [0.25, 0.3) is 0 Å². The molecule has 1 heterocycles. The van der Waals surface area contributed by atoms with Crippen molar-refractivity contribution in [3.63, 3.8) is 0 Å². The van der Waals surface area contributed by atoms with Gasteiger partial charge in [0.1, 0.15) is 17.3 Å². The molecule has 3 nitrogen and oxygen atoms in total. The van der Waals surface area contributed by atoms with E-state index in [-0.39, 0.29) is 0 Å². The number of aromatic nitrogens is 2. The smallest absolute Gasteiger partial charge is 0.138 e. The van der Waals surface area contributed by atoms with E-state index in [1.807, 2.05) is 0 Å². The summed E-state index contributed by atoms with van der Waals surface area (Å²) >= 11 is 6.24. The van der Waals surface area contributed by atoms with Crippen molar-refractivity contribution in [3.8, 4) is 0 Å². The first-order chi connectivity index (χ1) is 8.63. The van der Waals surface area contributed by atoms with E-state index in [4.69, 9.17) is 11.6 Å². The van der Waals surface area contributed by atoms with Crippen molar-refractivity contribution in [1.29, 1.82) is 0 Å². The predicted octanol–water partition coefficient (Wildman–Crippen LogP) is 3.88. The monoisotopic (exact) mass is 267 g/mol. The maximum Gasteiger partial charge on any atom is 0.138 e. The van der Waals surface area contributed by atoms with Gasteiger partial charge in [-0.1, -0.05) is 32.4 Å². The van der Waals surface area contributed by atoms with Crippen LogP contribution in [0.5, 0.6) is 0 Å². The van der Waals surface area contributed by atoms with Gasteiger partial charge in [-0.3, -0.25) is 0 Å². The van der Waals surface area contributed by atoms with Crippen LogP contribution in [0.15, 0.2) is 6.33 Å². The molecule has 1 aliphatic rings. The van der Waals surface area contributed by atoms with E-state index in [1.165, 1.54) is 12.8 Å². The average Bonchev–Trinajstić information content (AvgIpc) is 3.11. The summed E-state index contributed by atoms with van der Waals surface area (Å²) in [5.41, 5.74) is 1.09. The highest BCUT2D eigenvalue weighted by Gasteiger charge is 2.26. The molecule has 2 rings (SSSR count). The number of rotatable bonds is 6. The summed E-state index contributed by atoms with van der Waals surface area (Å²) < 4.78 is 0. The summed E-state index contributed by atoms with van der Waals surface area (Å²) in [4.78, 5) is 11.0. The van der Waals surface area contributed by atoms with Gasteiger partial charge in [0.2, 0.25) is 0 Å². The molecule has 0 aromatic carbocycles. The minimum absolute atomic E-state index is 0.354. The Labute approximate surface area is 115 Å². The Morgan fingerprint density at radius 1 is 1.39 bits per heavy atom. The molecular formula is C14H22ClN3. The zero-order chi connectivity index (χ0) is 13.1. The third kappa shape index (κ3) is 3.14. The third-order valence-corrected chi connectivity index (χ3v) is 3.66. The van der Waals surface area contributed by atoms with Gasteiger partial charge in [0, 0.05) is 18.7 Å². The van der Waals surface area contributed by atoms with Crippen molar-refractivity contribution in [3.05, 3.63) is 17.0 Å². The number of halogens is 1. The minimum atomic E-state index is 0.354. The number of hydrogen-bond donors (Lipinski definition) is 0. The molecule has 1 aromatic rings. The van der Waals surface area contributed by atoms with Crippen LogP contribution in [0.3, 0.4) is 0 Å². The molecule has 0 atom stereocenters. The summed E-state index contributed by atoms with van der Waals surface area (Å²) in [5.74, 6) is 2.25. The molecule has 0 radical (unpaired) electrons. The van der Waals surface area contributed by atoms with E-state index in [0.717, 1.165) is 36.8 Å². The Balaban J connectivity index is 2.29. The Bertz CT molecular complexity index is 402. The lowest BCUT2D eigenvalue weighted by Gasteiger charge is -2.26. The number of anilines is 1. The average molecular weight is 268 g/mol. The van der Waals surface area contributed by atoms with Crippen molar-refractivity contribution in [2.45, 2.75) is 46.0 Å². The second-order valence-corrected chi connectivity index (χ2v) is 5.80. The third-order valence-electron chi connectivity index (χ3n) is 3.36. The van der Waals surface area contributed by atoms with Gasteiger partial charge in [0.05, 0.1) is 0 Å². The van der Waals surface area contributed by atoms with Gasteiger partial charge < -0.3 is 4.90 Å². The molecule has 0 bridgehead atoms. The molecule has 1 aliphatic carbocycles. The SMILES string of the molecule is CCCN(CC1CC1)c1ncnc(Cl)c1C(C)C.